The number of benzene rings is 1. The van der Waals surface area contributed by atoms with Gasteiger partial charge in [-0.25, -0.2) is 0 Å². The van der Waals surface area contributed by atoms with Crippen LogP contribution in [0.4, 0.5) is 0 Å². The Hall–Kier alpha value is -0.0397. The third-order valence-corrected chi connectivity index (χ3v) is 0.940. The SMILES string of the molecule is [Li][c]1ccccc1.[O]=[GeH][OH]. The molecule has 10 heavy (non-hydrogen) atoms. The zero-order valence-corrected chi connectivity index (χ0v) is 8.24. The summed E-state index contributed by atoms with van der Waals surface area (Å²) in [6.45, 7) is 0. The van der Waals surface area contributed by atoms with Crippen molar-refractivity contribution in [2.45, 2.75) is 0 Å². The van der Waals surface area contributed by atoms with Crippen LogP contribution in [0.2, 0.25) is 0 Å². The van der Waals surface area contributed by atoms with Crippen LogP contribution in [-0.4, -0.2) is 37.6 Å². The summed E-state index contributed by atoms with van der Waals surface area (Å²) in [6.07, 6.45) is 0. The van der Waals surface area contributed by atoms with Gasteiger partial charge in [0.1, 0.15) is 0 Å². The van der Waals surface area contributed by atoms with E-state index in [9.17, 15) is 0 Å². The fourth-order valence-electron chi connectivity index (χ4n) is 0.534. The number of rotatable bonds is 0. The minimum atomic E-state index is -1.94. The predicted octanol–water partition coefficient (Wildman–Crippen LogP) is -0.844. The summed E-state index contributed by atoms with van der Waals surface area (Å²) in [6, 6.07) is 10.3. The van der Waals surface area contributed by atoms with Crippen LogP contribution in [0.25, 0.3) is 0 Å². The van der Waals surface area contributed by atoms with Crippen molar-refractivity contribution < 1.29 is 7.91 Å². The summed E-state index contributed by atoms with van der Waals surface area (Å²) in [7, 11) is 0. The molecule has 1 N–H and O–H groups in total. The Morgan fingerprint density at radius 1 is 1.30 bits per heavy atom. The maximum absolute atomic E-state index is 8.64. The van der Waals surface area contributed by atoms with Crippen LogP contribution in [0.1, 0.15) is 0 Å². The molecule has 0 amide bonds. The van der Waals surface area contributed by atoms with Crippen LogP contribution in [0, 0.1) is 0 Å². The van der Waals surface area contributed by atoms with E-state index < -0.39 is 15.7 Å². The van der Waals surface area contributed by atoms with E-state index in [-0.39, 0.29) is 0 Å². The quantitative estimate of drug-likeness (QED) is 0.542. The van der Waals surface area contributed by atoms with E-state index in [0.717, 1.165) is 0 Å². The molecule has 1 rings (SSSR count). The molecule has 0 aromatic heterocycles. The Kier molecular flexibility index (Phi) is 7.04. The molecule has 1 aromatic rings. The second-order valence-electron chi connectivity index (χ2n) is 1.76. The van der Waals surface area contributed by atoms with Gasteiger partial charge in [-0.2, -0.15) is 0 Å². The van der Waals surface area contributed by atoms with Crippen LogP contribution < -0.4 is 4.24 Å². The molecular formula is C6H7GeLiO2. The van der Waals surface area contributed by atoms with Crippen molar-refractivity contribution in [1.29, 1.82) is 0 Å². The summed E-state index contributed by atoms with van der Waals surface area (Å²) in [5, 5.41) is 0. The topological polar surface area (TPSA) is 37.3 Å². The Balaban J connectivity index is 0.000000236. The van der Waals surface area contributed by atoms with Gasteiger partial charge < -0.3 is 0 Å². The Labute approximate surface area is 75.9 Å². The molecule has 0 aliphatic carbocycles. The zero-order chi connectivity index (χ0) is 7.82. The Morgan fingerprint density at radius 2 is 1.70 bits per heavy atom. The van der Waals surface area contributed by atoms with E-state index >= 15 is 0 Å². The molecule has 0 fully saturated rings. The standard InChI is InChI=1S/C6H5.GeH2O2.Li/c1-2-4-6-5-3-1;2-1-3;/h1-5H;1-2H;. The Bertz CT molecular complexity index is 178. The van der Waals surface area contributed by atoms with Crippen LogP contribution in [-0.2, 0) is 3.78 Å². The molecule has 1 aromatic carbocycles. The molecule has 0 bridgehead atoms. The normalized spacial score (nSPS) is 7.40. The van der Waals surface area contributed by atoms with Gasteiger partial charge in [0, 0.05) is 0 Å². The molecule has 0 radical (unpaired) electrons. The van der Waals surface area contributed by atoms with Gasteiger partial charge in [0.15, 0.2) is 0 Å². The van der Waals surface area contributed by atoms with Gasteiger partial charge in [-0.3, -0.25) is 0 Å². The van der Waals surface area contributed by atoms with Crippen molar-refractivity contribution in [2.24, 2.45) is 0 Å². The maximum atomic E-state index is 8.64. The summed E-state index contributed by atoms with van der Waals surface area (Å²) < 4.78 is 17.1. The first-order valence-corrected chi connectivity index (χ1v) is 4.98. The molecule has 0 saturated carbocycles. The summed E-state index contributed by atoms with van der Waals surface area (Å²) in [5.41, 5.74) is 0. The molecule has 48 valence electrons. The molecule has 0 atom stereocenters. The molecule has 0 saturated heterocycles. The first-order chi connectivity index (χ1) is 4.81. The fraction of sp³-hybridized carbons (Fsp3) is 0. The third kappa shape index (κ3) is 6.09. The average Bonchev–Trinajstić information content (AvgIpc) is 1.91. The first kappa shape index (κ1) is 9.96. The molecule has 0 aliphatic heterocycles. The first-order valence-electron chi connectivity index (χ1n) is 2.90. The monoisotopic (exact) mass is 192 g/mol. The van der Waals surface area contributed by atoms with Gasteiger partial charge in [0.25, 0.3) is 0 Å². The number of hydrogen-bond donors (Lipinski definition) is 1. The third-order valence-electron chi connectivity index (χ3n) is 0.940. The van der Waals surface area contributed by atoms with Crippen molar-refractivity contribution in [3.05, 3.63) is 30.3 Å². The zero-order valence-electron chi connectivity index (χ0n) is 5.82. The van der Waals surface area contributed by atoms with Gasteiger partial charge in [-0.15, -0.1) is 0 Å². The van der Waals surface area contributed by atoms with E-state index in [1.807, 2.05) is 18.2 Å². The molecule has 2 nitrogen and oxygen atoms in total. The van der Waals surface area contributed by atoms with Crippen LogP contribution in [0.3, 0.4) is 0 Å². The van der Waals surface area contributed by atoms with E-state index in [0.29, 0.717) is 0 Å². The van der Waals surface area contributed by atoms with Crippen molar-refractivity contribution >= 4 is 37.7 Å². The Morgan fingerprint density at radius 3 is 1.90 bits per heavy atom. The predicted molar refractivity (Wildman–Crippen MR) is 41.9 cm³/mol. The van der Waals surface area contributed by atoms with Crippen molar-refractivity contribution in [3.63, 3.8) is 0 Å². The van der Waals surface area contributed by atoms with Gasteiger partial charge in [-0.1, -0.05) is 0 Å². The van der Waals surface area contributed by atoms with Gasteiger partial charge >= 0.3 is 75.9 Å². The molecule has 0 aliphatic rings. The molecule has 4 heteroatoms. The molecule has 0 unspecified atom stereocenters. The van der Waals surface area contributed by atoms with E-state index in [1.165, 1.54) is 4.24 Å². The van der Waals surface area contributed by atoms with Crippen LogP contribution >= 0.6 is 0 Å². The molecular weight excluding hydrogens is 184 g/mol. The second kappa shape index (κ2) is 7.07. The minimum absolute atomic E-state index is 1.32. The van der Waals surface area contributed by atoms with Crippen LogP contribution in [0.15, 0.2) is 30.3 Å². The average molecular weight is 191 g/mol. The van der Waals surface area contributed by atoms with Crippen molar-refractivity contribution in [1.82, 2.24) is 0 Å². The van der Waals surface area contributed by atoms with Gasteiger partial charge in [0.2, 0.25) is 0 Å². The fourth-order valence-corrected chi connectivity index (χ4v) is 0.534. The second-order valence-corrected chi connectivity index (χ2v) is 2.20. The summed E-state index contributed by atoms with van der Waals surface area (Å²) in [5.74, 6) is 0. The summed E-state index contributed by atoms with van der Waals surface area (Å²) in [4.78, 5) is 0. The van der Waals surface area contributed by atoms with E-state index in [2.05, 4.69) is 29.8 Å². The number of hydrogen-bond acceptors (Lipinski definition) is 1. The van der Waals surface area contributed by atoms with Gasteiger partial charge in [0.05, 0.1) is 0 Å². The molecule has 0 heterocycles. The van der Waals surface area contributed by atoms with E-state index in [4.69, 9.17) is 7.91 Å². The van der Waals surface area contributed by atoms with Crippen molar-refractivity contribution in [2.75, 3.05) is 0 Å². The molecule has 0 spiro atoms. The van der Waals surface area contributed by atoms with Crippen LogP contribution in [0.5, 0.6) is 0 Å². The van der Waals surface area contributed by atoms with E-state index in [1.54, 1.807) is 0 Å². The van der Waals surface area contributed by atoms with Crippen molar-refractivity contribution in [3.8, 4) is 0 Å². The summed E-state index contributed by atoms with van der Waals surface area (Å²) >= 11 is 0.146. The van der Waals surface area contributed by atoms with Gasteiger partial charge in [-0.05, 0) is 0 Å².